The first-order chi connectivity index (χ1) is 9.33. The topological polar surface area (TPSA) is 89.1 Å². The zero-order chi connectivity index (χ0) is 14.6. The van der Waals surface area contributed by atoms with Crippen LogP contribution in [0, 0.1) is 0 Å². The second kappa shape index (κ2) is 4.38. The van der Waals surface area contributed by atoms with Crippen molar-refractivity contribution in [2.75, 3.05) is 19.8 Å². The fourth-order valence-electron chi connectivity index (χ4n) is 3.47. The van der Waals surface area contributed by atoms with Crippen LogP contribution in [0.15, 0.2) is 0 Å². The highest BCUT2D eigenvalue weighted by atomic mass is 16.8. The third kappa shape index (κ3) is 1.96. The van der Waals surface area contributed by atoms with Crippen LogP contribution in [0.25, 0.3) is 0 Å². The van der Waals surface area contributed by atoms with Gasteiger partial charge in [-0.1, -0.05) is 0 Å². The van der Waals surface area contributed by atoms with Crippen LogP contribution in [0.4, 0.5) is 0 Å². The van der Waals surface area contributed by atoms with Gasteiger partial charge in [0.25, 0.3) is 0 Å². The zero-order valence-electron chi connectivity index (χ0n) is 12.1. The first kappa shape index (κ1) is 14.2. The van der Waals surface area contributed by atoms with Gasteiger partial charge in [-0.2, -0.15) is 0 Å². The fraction of sp³-hybridized carbons (Fsp3) is 0.923. The van der Waals surface area contributed by atoms with Crippen LogP contribution in [-0.2, 0) is 19.0 Å². The predicted octanol–water partition coefficient (Wildman–Crippen LogP) is -0.906. The maximum atomic E-state index is 11.6. The number of aliphatic hydroxyl groups is 1. The summed E-state index contributed by atoms with van der Waals surface area (Å²) < 4.78 is 17.9. The molecule has 4 aliphatic rings. The van der Waals surface area contributed by atoms with Gasteiger partial charge in [-0.25, -0.2) is 0 Å². The van der Waals surface area contributed by atoms with Crippen molar-refractivity contribution in [3.63, 3.8) is 0 Å². The number of carbonyl (C=O) groups excluding carboxylic acids is 1. The van der Waals surface area contributed by atoms with Crippen molar-refractivity contribution in [3.8, 4) is 0 Å². The van der Waals surface area contributed by atoms with E-state index in [1.807, 2.05) is 13.8 Å². The summed E-state index contributed by atoms with van der Waals surface area (Å²) in [6.07, 6.45) is -0.214. The van der Waals surface area contributed by atoms with Crippen LogP contribution < -0.4 is 10.6 Å². The molecule has 4 saturated heterocycles. The smallest absolute Gasteiger partial charge is 0.218 e. The second-order valence-electron chi connectivity index (χ2n) is 6.32. The molecule has 4 aliphatic heterocycles. The molecule has 0 saturated carbocycles. The summed E-state index contributed by atoms with van der Waals surface area (Å²) in [5, 5.41) is 16.0. The normalized spacial score (nSPS) is 45.8. The van der Waals surface area contributed by atoms with E-state index >= 15 is 0 Å². The highest BCUT2D eigenvalue weighted by Gasteiger charge is 2.66. The van der Waals surface area contributed by atoms with Gasteiger partial charge >= 0.3 is 0 Å². The van der Waals surface area contributed by atoms with Crippen molar-refractivity contribution in [2.24, 2.45) is 0 Å². The first-order valence-corrected chi connectivity index (χ1v) is 6.97. The number of fused-ring (bicyclic) bond motifs is 3. The molecule has 0 aliphatic carbocycles. The summed E-state index contributed by atoms with van der Waals surface area (Å²) in [5.41, 5.74) is -1.58. The van der Waals surface area contributed by atoms with Crippen molar-refractivity contribution < 1.29 is 24.1 Å². The third-order valence-corrected chi connectivity index (χ3v) is 4.34. The lowest BCUT2D eigenvalue weighted by Gasteiger charge is -2.48. The molecule has 4 atom stereocenters. The number of nitrogens with one attached hydrogen (secondary N) is 2. The average Bonchev–Trinajstić information content (AvgIpc) is 2.53. The van der Waals surface area contributed by atoms with Gasteiger partial charge in [0, 0.05) is 13.5 Å². The maximum absolute atomic E-state index is 11.6. The van der Waals surface area contributed by atoms with Gasteiger partial charge in [-0.15, -0.1) is 0 Å². The van der Waals surface area contributed by atoms with E-state index < -0.39 is 29.3 Å². The van der Waals surface area contributed by atoms with E-state index in [1.165, 1.54) is 6.92 Å². The molecule has 3 N–H and O–H groups in total. The molecule has 114 valence electrons. The predicted molar refractivity (Wildman–Crippen MR) is 68.8 cm³/mol. The minimum absolute atomic E-state index is 0.133. The summed E-state index contributed by atoms with van der Waals surface area (Å²) in [5.74, 6) is -0.932. The van der Waals surface area contributed by atoms with Gasteiger partial charge in [-0.3, -0.25) is 10.1 Å². The van der Waals surface area contributed by atoms with E-state index in [9.17, 15) is 9.90 Å². The summed E-state index contributed by atoms with van der Waals surface area (Å²) in [6.45, 7) is 5.84. The molecule has 7 nitrogen and oxygen atoms in total. The van der Waals surface area contributed by atoms with Crippen LogP contribution in [-0.4, -0.2) is 60.0 Å². The monoisotopic (exact) mass is 286 g/mol. The third-order valence-electron chi connectivity index (χ3n) is 4.34. The molecule has 0 radical (unpaired) electrons. The minimum Gasteiger partial charge on any atom is -0.393 e. The Morgan fingerprint density at radius 3 is 2.75 bits per heavy atom. The minimum atomic E-state index is -0.806. The Labute approximate surface area is 117 Å². The van der Waals surface area contributed by atoms with Gasteiger partial charge in [0.15, 0.2) is 5.79 Å². The van der Waals surface area contributed by atoms with Gasteiger partial charge in [0.1, 0.15) is 23.5 Å². The molecule has 4 heterocycles. The molecular weight excluding hydrogens is 264 g/mol. The molecule has 4 fully saturated rings. The zero-order valence-corrected chi connectivity index (χ0v) is 12.1. The lowest BCUT2D eigenvalue weighted by atomic mass is 9.84. The van der Waals surface area contributed by atoms with E-state index in [1.54, 1.807) is 0 Å². The van der Waals surface area contributed by atoms with Crippen LogP contribution >= 0.6 is 0 Å². The highest BCUT2D eigenvalue weighted by molar-refractivity contribution is 5.74. The standard InChI is InChI=1S/C13H22N2O5/c1-8(17)15-13-7-18-12(6-16,4-5-14-13)9-10(13)20-11(2,3)19-9/h9-10,14,16H,4-7H2,1-3H3,(H,15,17)/t9?,10?,12?,13-/m1/s1. The van der Waals surface area contributed by atoms with Crippen molar-refractivity contribution in [1.29, 1.82) is 0 Å². The molecule has 4 rings (SSSR count). The number of hydrogen-bond acceptors (Lipinski definition) is 6. The SMILES string of the molecule is CC(=O)N[C@@]12COC(CO)(CCN1)C1OC(C)(C)OC12. The van der Waals surface area contributed by atoms with Gasteiger partial charge in [-0.05, 0) is 20.3 Å². The first-order valence-electron chi connectivity index (χ1n) is 6.97. The van der Waals surface area contributed by atoms with E-state index in [2.05, 4.69) is 10.6 Å². The average molecular weight is 286 g/mol. The Bertz CT molecular complexity index is 429. The van der Waals surface area contributed by atoms with Crippen molar-refractivity contribution in [3.05, 3.63) is 0 Å². The summed E-state index contributed by atoms with van der Waals surface area (Å²) in [6, 6.07) is 0. The highest BCUT2D eigenvalue weighted by Crippen LogP contribution is 2.46. The van der Waals surface area contributed by atoms with E-state index in [-0.39, 0.29) is 19.1 Å². The molecule has 20 heavy (non-hydrogen) atoms. The van der Waals surface area contributed by atoms with Crippen LogP contribution in [0.5, 0.6) is 0 Å². The molecule has 0 aromatic heterocycles. The number of carbonyl (C=O) groups is 1. The number of amides is 1. The lowest BCUT2D eigenvalue weighted by molar-refractivity contribution is -0.209. The number of hydrogen-bond donors (Lipinski definition) is 3. The molecule has 7 heteroatoms. The van der Waals surface area contributed by atoms with Crippen LogP contribution in [0.2, 0.25) is 0 Å². The van der Waals surface area contributed by atoms with Crippen LogP contribution in [0.3, 0.4) is 0 Å². The van der Waals surface area contributed by atoms with E-state index in [0.29, 0.717) is 13.0 Å². The van der Waals surface area contributed by atoms with E-state index in [0.717, 1.165) is 0 Å². The molecule has 0 spiro atoms. The summed E-state index contributed by atoms with van der Waals surface area (Å²) in [4.78, 5) is 11.6. The fourth-order valence-corrected chi connectivity index (χ4v) is 3.47. The lowest BCUT2D eigenvalue weighted by Crippen LogP contribution is -2.74. The quantitative estimate of drug-likeness (QED) is 0.609. The molecule has 1 amide bonds. The van der Waals surface area contributed by atoms with Crippen molar-refractivity contribution in [2.45, 2.75) is 56.5 Å². The van der Waals surface area contributed by atoms with Crippen molar-refractivity contribution in [1.82, 2.24) is 10.6 Å². The molecular formula is C13H22N2O5. The Morgan fingerprint density at radius 1 is 1.40 bits per heavy atom. The number of rotatable bonds is 2. The summed E-state index contributed by atoms with van der Waals surface area (Å²) >= 11 is 0. The Balaban J connectivity index is 2.01. The number of ether oxygens (including phenoxy) is 3. The van der Waals surface area contributed by atoms with Crippen LogP contribution in [0.1, 0.15) is 27.2 Å². The van der Waals surface area contributed by atoms with Gasteiger partial charge < -0.3 is 24.6 Å². The largest absolute Gasteiger partial charge is 0.393 e. The van der Waals surface area contributed by atoms with E-state index in [4.69, 9.17) is 14.2 Å². The molecule has 0 aromatic rings. The Hall–Kier alpha value is -0.730. The summed E-state index contributed by atoms with van der Waals surface area (Å²) in [7, 11) is 0. The molecule has 2 bridgehead atoms. The second-order valence-corrected chi connectivity index (χ2v) is 6.32. The molecule has 0 aromatic carbocycles. The Kier molecular flexibility index (Phi) is 3.11. The van der Waals surface area contributed by atoms with Crippen molar-refractivity contribution >= 4 is 5.91 Å². The van der Waals surface area contributed by atoms with Gasteiger partial charge in [0.2, 0.25) is 5.91 Å². The molecule has 3 unspecified atom stereocenters. The number of aliphatic hydroxyl groups excluding tert-OH is 1. The van der Waals surface area contributed by atoms with Gasteiger partial charge in [0.05, 0.1) is 13.2 Å². The Morgan fingerprint density at radius 2 is 2.10 bits per heavy atom. The maximum Gasteiger partial charge on any atom is 0.218 e.